The highest BCUT2D eigenvalue weighted by Crippen LogP contribution is 2.18. The third-order valence-corrected chi connectivity index (χ3v) is 4.02. The third kappa shape index (κ3) is 4.91. The maximum atomic E-state index is 12.4. The highest BCUT2D eigenvalue weighted by molar-refractivity contribution is 6.04. The minimum Gasteiger partial charge on any atom is -0.326 e. The van der Waals surface area contributed by atoms with Crippen LogP contribution < -0.4 is 16.0 Å². The van der Waals surface area contributed by atoms with E-state index >= 15 is 0 Å². The lowest BCUT2D eigenvalue weighted by Crippen LogP contribution is -2.14. The Labute approximate surface area is 163 Å². The molecule has 0 aliphatic heterocycles. The molecule has 142 valence electrons. The zero-order chi connectivity index (χ0) is 19.9. The van der Waals surface area contributed by atoms with Gasteiger partial charge in [-0.3, -0.25) is 9.59 Å². The summed E-state index contributed by atoms with van der Waals surface area (Å²) >= 11 is 0. The lowest BCUT2D eigenvalue weighted by Gasteiger charge is -2.10. The van der Waals surface area contributed by atoms with Crippen LogP contribution in [0.25, 0.3) is 0 Å². The van der Waals surface area contributed by atoms with E-state index in [0.29, 0.717) is 17.2 Å². The second-order valence-corrected chi connectivity index (χ2v) is 6.14. The Bertz CT molecular complexity index is 969. The van der Waals surface area contributed by atoms with Gasteiger partial charge in [0.25, 0.3) is 5.91 Å². The van der Waals surface area contributed by atoms with Crippen LogP contribution in [0.5, 0.6) is 0 Å². The number of hydrogen-bond donors (Lipinski definition) is 3. The first-order chi connectivity index (χ1) is 13.5. The molecular formula is C21H21N5O2. The van der Waals surface area contributed by atoms with Gasteiger partial charge in [0.05, 0.1) is 5.56 Å². The quantitative estimate of drug-likeness (QED) is 0.605. The van der Waals surface area contributed by atoms with Crippen LogP contribution in [0.4, 0.5) is 23.0 Å². The summed E-state index contributed by atoms with van der Waals surface area (Å²) in [7, 11) is 0. The molecule has 1 aromatic heterocycles. The van der Waals surface area contributed by atoms with Crippen LogP contribution in [0.3, 0.4) is 0 Å². The molecule has 0 aliphatic rings. The summed E-state index contributed by atoms with van der Waals surface area (Å²) in [5.41, 5.74) is 3.70. The van der Waals surface area contributed by atoms with Crippen LogP contribution in [0.15, 0.2) is 60.9 Å². The van der Waals surface area contributed by atoms with Crippen molar-refractivity contribution in [2.45, 2.75) is 20.3 Å². The minimum absolute atomic E-state index is 0.125. The van der Waals surface area contributed by atoms with Gasteiger partial charge in [0.15, 0.2) is 0 Å². The van der Waals surface area contributed by atoms with E-state index in [0.717, 1.165) is 23.4 Å². The number of hydrogen-bond acceptors (Lipinski definition) is 5. The van der Waals surface area contributed by atoms with E-state index in [9.17, 15) is 9.59 Å². The number of anilines is 4. The summed E-state index contributed by atoms with van der Waals surface area (Å²) in [6.07, 6.45) is 3.78. The Hall–Kier alpha value is -3.74. The summed E-state index contributed by atoms with van der Waals surface area (Å²) in [6, 6.07) is 14.8. The van der Waals surface area contributed by atoms with Crippen molar-refractivity contribution in [3.05, 3.63) is 72.1 Å². The largest absolute Gasteiger partial charge is 0.326 e. The topological polar surface area (TPSA) is 96.0 Å². The van der Waals surface area contributed by atoms with E-state index < -0.39 is 0 Å². The van der Waals surface area contributed by atoms with Crippen molar-refractivity contribution in [1.82, 2.24) is 9.97 Å². The van der Waals surface area contributed by atoms with Crippen LogP contribution in [0.2, 0.25) is 0 Å². The van der Waals surface area contributed by atoms with Crippen LogP contribution in [-0.4, -0.2) is 21.8 Å². The predicted octanol–water partition coefficient (Wildman–Crippen LogP) is 3.99. The number of nitrogens with one attached hydrogen (secondary N) is 3. The molecule has 0 bridgehead atoms. The Morgan fingerprint density at radius 1 is 0.893 bits per heavy atom. The Morgan fingerprint density at radius 2 is 1.54 bits per heavy atom. The zero-order valence-corrected chi connectivity index (χ0v) is 15.7. The Kier molecular flexibility index (Phi) is 5.96. The molecule has 0 saturated carbocycles. The number of nitrogens with zero attached hydrogens (tertiary/aromatic N) is 2. The summed E-state index contributed by atoms with van der Waals surface area (Å²) in [5, 5.41) is 8.65. The van der Waals surface area contributed by atoms with Gasteiger partial charge in [-0.1, -0.05) is 25.1 Å². The highest BCUT2D eigenvalue weighted by atomic mass is 16.2. The predicted molar refractivity (Wildman–Crippen MR) is 110 cm³/mol. The fraction of sp³-hybridized carbons (Fsp3) is 0.143. The van der Waals surface area contributed by atoms with E-state index in [2.05, 4.69) is 25.9 Å². The summed E-state index contributed by atoms with van der Waals surface area (Å²) in [5.74, 6) is -0.00985. The SMILES string of the molecule is CCc1ccccc1NC(=O)c1cnc(Nc2ccc(NC(C)=O)cc2)nc1. The first-order valence-electron chi connectivity index (χ1n) is 8.91. The fourth-order valence-electron chi connectivity index (χ4n) is 2.62. The van der Waals surface area contributed by atoms with Gasteiger partial charge in [0.2, 0.25) is 11.9 Å². The maximum absolute atomic E-state index is 12.4. The van der Waals surface area contributed by atoms with E-state index in [1.54, 1.807) is 24.3 Å². The van der Waals surface area contributed by atoms with E-state index in [1.165, 1.54) is 19.3 Å². The number of aryl methyl sites for hydroxylation is 1. The molecular weight excluding hydrogens is 354 g/mol. The number of para-hydroxylation sites is 1. The zero-order valence-electron chi connectivity index (χ0n) is 15.7. The second-order valence-electron chi connectivity index (χ2n) is 6.14. The smallest absolute Gasteiger partial charge is 0.258 e. The number of carbonyl (C=O) groups excluding carboxylic acids is 2. The number of rotatable bonds is 6. The molecule has 0 radical (unpaired) electrons. The molecule has 3 rings (SSSR count). The summed E-state index contributed by atoms with van der Waals surface area (Å²) < 4.78 is 0. The van der Waals surface area contributed by atoms with Crippen LogP contribution >= 0.6 is 0 Å². The van der Waals surface area contributed by atoms with Gasteiger partial charge < -0.3 is 16.0 Å². The first-order valence-corrected chi connectivity index (χ1v) is 8.91. The fourth-order valence-corrected chi connectivity index (χ4v) is 2.62. The molecule has 0 fully saturated rings. The van der Waals surface area contributed by atoms with Crippen molar-refractivity contribution in [2.24, 2.45) is 0 Å². The average molecular weight is 375 g/mol. The Balaban J connectivity index is 1.64. The van der Waals surface area contributed by atoms with Gasteiger partial charge in [0.1, 0.15) is 0 Å². The number of carbonyl (C=O) groups is 2. The van der Waals surface area contributed by atoms with Gasteiger partial charge in [-0.05, 0) is 42.3 Å². The molecule has 2 amide bonds. The van der Waals surface area contributed by atoms with Gasteiger partial charge in [-0.25, -0.2) is 9.97 Å². The lowest BCUT2D eigenvalue weighted by atomic mass is 10.1. The molecule has 0 spiro atoms. The van der Waals surface area contributed by atoms with E-state index in [4.69, 9.17) is 0 Å². The van der Waals surface area contributed by atoms with Gasteiger partial charge in [-0.2, -0.15) is 0 Å². The van der Waals surface area contributed by atoms with Crippen molar-refractivity contribution >= 4 is 34.8 Å². The van der Waals surface area contributed by atoms with Crippen molar-refractivity contribution < 1.29 is 9.59 Å². The van der Waals surface area contributed by atoms with E-state index in [-0.39, 0.29) is 11.8 Å². The molecule has 3 N–H and O–H groups in total. The number of amides is 2. The van der Waals surface area contributed by atoms with Crippen molar-refractivity contribution in [3.8, 4) is 0 Å². The second kappa shape index (κ2) is 8.77. The normalized spacial score (nSPS) is 10.2. The third-order valence-electron chi connectivity index (χ3n) is 4.02. The summed E-state index contributed by atoms with van der Waals surface area (Å²) in [4.78, 5) is 31.9. The lowest BCUT2D eigenvalue weighted by molar-refractivity contribution is -0.114. The molecule has 28 heavy (non-hydrogen) atoms. The van der Waals surface area contributed by atoms with Crippen molar-refractivity contribution in [1.29, 1.82) is 0 Å². The van der Waals surface area contributed by atoms with Gasteiger partial charge in [-0.15, -0.1) is 0 Å². The average Bonchev–Trinajstić information content (AvgIpc) is 2.70. The van der Waals surface area contributed by atoms with Crippen LogP contribution in [0.1, 0.15) is 29.8 Å². The standard InChI is InChI=1S/C21H21N5O2/c1-3-15-6-4-5-7-19(15)26-20(28)16-12-22-21(23-13-16)25-18-10-8-17(9-11-18)24-14(2)27/h4-13H,3H2,1-2H3,(H,24,27)(H,26,28)(H,22,23,25). The van der Waals surface area contributed by atoms with Crippen LogP contribution in [-0.2, 0) is 11.2 Å². The molecule has 7 heteroatoms. The Morgan fingerprint density at radius 3 is 2.18 bits per heavy atom. The molecule has 7 nitrogen and oxygen atoms in total. The van der Waals surface area contributed by atoms with Crippen molar-refractivity contribution in [3.63, 3.8) is 0 Å². The van der Waals surface area contributed by atoms with Crippen molar-refractivity contribution in [2.75, 3.05) is 16.0 Å². The molecule has 3 aromatic rings. The van der Waals surface area contributed by atoms with Gasteiger partial charge >= 0.3 is 0 Å². The molecule has 1 heterocycles. The maximum Gasteiger partial charge on any atom is 0.258 e. The number of aromatic nitrogens is 2. The number of benzene rings is 2. The first kappa shape index (κ1) is 19.0. The molecule has 0 atom stereocenters. The molecule has 0 saturated heterocycles. The minimum atomic E-state index is -0.257. The molecule has 0 unspecified atom stereocenters. The highest BCUT2D eigenvalue weighted by Gasteiger charge is 2.10. The molecule has 2 aromatic carbocycles. The van der Waals surface area contributed by atoms with Gasteiger partial charge in [0, 0.05) is 36.4 Å². The monoisotopic (exact) mass is 375 g/mol. The van der Waals surface area contributed by atoms with E-state index in [1.807, 2.05) is 31.2 Å². The molecule has 0 aliphatic carbocycles. The van der Waals surface area contributed by atoms with Crippen LogP contribution in [0, 0.1) is 0 Å². The summed E-state index contributed by atoms with van der Waals surface area (Å²) in [6.45, 7) is 3.50.